The zero-order chi connectivity index (χ0) is 15.5. The van der Waals surface area contributed by atoms with E-state index in [9.17, 15) is 4.91 Å². The molecule has 0 unspecified atom stereocenters. The van der Waals surface area contributed by atoms with E-state index in [1.807, 2.05) is 18.3 Å². The third-order valence-corrected chi connectivity index (χ3v) is 4.13. The van der Waals surface area contributed by atoms with Crippen molar-refractivity contribution in [3.63, 3.8) is 0 Å². The number of aromatic nitrogens is 1. The molecule has 0 atom stereocenters. The summed E-state index contributed by atoms with van der Waals surface area (Å²) in [6, 6.07) is 11.3. The molecule has 0 aliphatic carbocycles. The third kappa shape index (κ3) is 2.93. The topological polar surface area (TPSA) is 58.9 Å². The second-order valence-corrected chi connectivity index (χ2v) is 5.77. The van der Waals surface area contributed by atoms with Crippen LogP contribution < -0.4 is 10.5 Å². The highest BCUT2D eigenvalue weighted by molar-refractivity contribution is 6.39. The van der Waals surface area contributed by atoms with Gasteiger partial charge in [0, 0.05) is 45.9 Å². The van der Waals surface area contributed by atoms with Gasteiger partial charge >= 0.3 is 0 Å². The van der Waals surface area contributed by atoms with Gasteiger partial charge in [0.25, 0.3) is 5.69 Å². The highest BCUT2D eigenvalue weighted by Gasteiger charge is 2.11. The van der Waals surface area contributed by atoms with Gasteiger partial charge in [0.1, 0.15) is 0 Å². The van der Waals surface area contributed by atoms with Gasteiger partial charge in [0.15, 0.2) is 0 Å². The number of fused-ring (bicyclic) bond motifs is 1. The van der Waals surface area contributed by atoms with Crippen molar-refractivity contribution in [2.75, 3.05) is 11.9 Å². The van der Waals surface area contributed by atoms with Crippen molar-refractivity contribution in [1.29, 1.82) is 0 Å². The van der Waals surface area contributed by atoms with Gasteiger partial charge in [-0.25, -0.2) is 0 Å². The molecule has 3 N–H and O–H groups in total. The van der Waals surface area contributed by atoms with Crippen LogP contribution in [0.3, 0.4) is 0 Å². The molecule has 4 nitrogen and oxygen atoms in total. The zero-order valence-electron chi connectivity index (χ0n) is 11.6. The van der Waals surface area contributed by atoms with E-state index >= 15 is 0 Å². The van der Waals surface area contributed by atoms with E-state index in [0.29, 0.717) is 28.0 Å². The van der Waals surface area contributed by atoms with Crippen molar-refractivity contribution in [2.45, 2.75) is 6.42 Å². The Labute approximate surface area is 137 Å². The number of anilines is 1. The van der Waals surface area contributed by atoms with Crippen molar-refractivity contribution in [3.05, 3.63) is 63.1 Å². The van der Waals surface area contributed by atoms with Crippen LogP contribution >= 0.6 is 23.2 Å². The van der Waals surface area contributed by atoms with E-state index in [0.717, 1.165) is 11.9 Å². The summed E-state index contributed by atoms with van der Waals surface area (Å²) in [5.41, 5.74) is 3.34. The van der Waals surface area contributed by atoms with Gasteiger partial charge in [0.05, 0.1) is 15.7 Å². The number of nitrogens with one attached hydrogen (secondary N) is 3. The lowest BCUT2D eigenvalue weighted by molar-refractivity contribution is -0.379. The maximum absolute atomic E-state index is 10.7. The summed E-state index contributed by atoms with van der Waals surface area (Å²) in [7, 11) is 0. The maximum atomic E-state index is 10.7. The lowest BCUT2D eigenvalue weighted by Crippen LogP contribution is -2.55. The Hall–Kier alpha value is -2.04. The molecule has 1 aromatic heterocycles. The molecule has 2 aromatic carbocycles. The Balaban J connectivity index is 1.72. The summed E-state index contributed by atoms with van der Waals surface area (Å²) in [6.07, 6.45) is 2.85. The molecule has 0 fully saturated rings. The minimum atomic E-state index is 0.345. The van der Waals surface area contributed by atoms with E-state index in [-0.39, 0.29) is 0 Å². The first-order chi connectivity index (χ1) is 10.7. The smallest absolute Gasteiger partial charge is 0.256 e. The molecule has 0 amide bonds. The van der Waals surface area contributed by atoms with Crippen molar-refractivity contribution in [2.24, 2.45) is 0 Å². The molecule has 112 valence electrons. The molecule has 0 saturated carbocycles. The van der Waals surface area contributed by atoms with Crippen LogP contribution in [0.2, 0.25) is 10.0 Å². The number of hydrogen-bond donors (Lipinski definition) is 3. The fourth-order valence-corrected chi connectivity index (χ4v) is 3.08. The number of rotatable bonds is 5. The summed E-state index contributed by atoms with van der Waals surface area (Å²) < 4.78 is 0. The van der Waals surface area contributed by atoms with Gasteiger partial charge in [-0.3, -0.25) is 0 Å². The molecule has 1 heterocycles. The number of aromatic amines is 1. The number of para-hydroxylation sites is 1. The predicted octanol–water partition coefficient (Wildman–Crippen LogP) is 3.61. The van der Waals surface area contributed by atoms with Gasteiger partial charge in [-0.15, -0.1) is 0 Å². The summed E-state index contributed by atoms with van der Waals surface area (Å²) in [4.78, 5) is 13.9. The molecule has 0 saturated heterocycles. The fraction of sp³-hybridized carbons (Fsp3) is 0.125. The normalized spacial score (nSPS) is 10.8. The quantitative estimate of drug-likeness (QED) is 0.667. The van der Waals surface area contributed by atoms with Crippen LogP contribution in [0, 0.1) is 4.91 Å². The molecule has 3 rings (SSSR count). The van der Waals surface area contributed by atoms with Crippen molar-refractivity contribution >= 4 is 45.5 Å². The lowest BCUT2D eigenvalue weighted by Gasteiger charge is -2.09. The Morgan fingerprint density at radius 1 is 1.14 bits per heavy atom. The monoisotopic (exact) mass is 334 g/mol. The Kier molecular flexibility index (Phi) is 4.32. The average molecular weight is 335 g/mol. The predicted molar refractivity (Wildman–Crippen MR) is 90.9 cm³/mol. The number of H-pyrrole nitrogens is 1. The Bertz CT molecular complexity index is 806. The van der Waals surface area contributed by atoms with E-state index in [2.05, 4.69) is 22.4 Å². The molecule has 22 heavy (non-hydrogen) atoms. The van der Waals surface area contributed by atoms with Crippen LogP contribution in [-0.4, -0.2) is 11.5 Å². The van der Waals surface area contributed by atoms with Crippen molar-refractivity contribution in [3.8, 4) is 0 Å². The number of halogens is 2. The van der Waals surface area contributed by atoms with Crippen LogP contribution in [0.4, 0.5) is 11.4 Å². The first-order valence-corrected chi connectivity index (χ1v) is 7.60. The zero-order valence-corrected chi connectivity index (χ0v) is 13.1. The molecule has 6 heteroatoms. The first kappa shape index (κ1) is 14.9. The van der Waals surface area contributed by atoms with Crippen molar-refractivity contribution < 1.29 is 5.18 Å². The molecule has 0 aliphatic heterocycles. The largest absolute Gasteiger partial charge is 0.382 e. The standard InChI is InChI=1S/C16H13Cl2N3O/c17-13-7-11(21-22)8-14(18)16(13)19-6-5-10-9-20-15-4-2-1-3-12(10)15/h1-4,7-9,19-20H,5-6H2/p+1. The molecular weight excluding hydrogens is 321 g/mol. The van der Waals surface area contributed by atoms with Gasteiger partial charge < -0.3 is 10.3 Å². The van der Waals surface area contributed by atoms with E-state index in [4.69, 9.17) is 23.2 Å². The van der Waals surface area contributed by atoms with Crippen LogP contribution in [0.5, 0.6) is 0 Å². The van der Waals surface area contributed by atoms with Crippen LogP contribution in [-0.2, 0) is 6.42 Å². The second kappa shape index (κ2) is 6.38. The summed E-state index contributed by atoms with van der Waals surface area (Å²) in [5, 5.41) is 7.07. The third-order valence-electron chi connectivity index (χ3n) is 3.53. The average Bonchev–Trinajstić information content (AvgIpc) is 2.93. The molecule has 0 aliphatic rings. The summed E-state index contributed by atoms with van der Waals surface area (Å²) >= 11 is 12.3. The van der Waals surface area contributed by atoms with E-state index in [1.165, 1.54) is 10.9 Å². The minimum Gasteiger partial charge on any atom is -0.382 e. The summed E-state index contributed by atoms with van der Waals surface area (Å²) in [5.74, 6) is 0. The molecule has 0 spiro atoms. The Morgan fingerprint density at radius 2 is 1.86 bits per heavy atom. The van der Waals surface area contributed by atoms with Gasteiger partial charge in [-0.1, -0.05) is 41.4 Å². The summed E-state index contributed by atoms with van der Waals surface area (Å²) in [6.45, 7) is 0.686. The lowest BCUT2D eigenvalue weighted by atomic mass is 10.1. The van der Waals surface area contributed by atoms with E-state index in [1.54, 1.807) is 17.3 Å². The molecule has 0 radical (unpaired) electrons. The molecular formula is C16H14Cl2N3O+. The highest BCUT2D eigenvalue weighted by atomic mass is 35.5. The minimum absolute atomic E-state index is 0.345. The number of benzene rings is 2. The van der Waals surface area contributed by atoms with Crippen LogP contribution in [0.1, 0.15) is 5.56 Å². The molecule has 3 aromatic rings. The second-order valence-electron chi connectivity index (χ2n) is 4.95. The maximum Gasteiger partial charge on any atom is 0.256 e. The SMILES string of the molecule is O=[NH+]c1cc(Cl)c(NCCc2c[nH]c3ccccc23)c(Cl)c1. The van der Waals surface area contributed by atoms with Crippen LogP contribution in [0.15, 0.2) is 42.6 Å². The van der Waals surface area contributed by atoms with Gasteiger partial charge in [-0.2, -0.15) is 0 Å². The first-order valence-electron chi connectivity index (χ1n) is 6.85. The van der Waals surface area contributed by atoms with Gasteiger partial charge in [-0.05, 0) is 18.1 Å². The number of nitroso groups, excluding NO2 is 1. The number of hydrogen-bond acceptors (Lipinski definition) is 2. The van der Waals surface area contributed by atoms with Gasteiger partial charge in [0.2, 0.25) is 0 Å². The Morgan fingerprint density at radius 3 is 2.59 bits per heavy atom. The van der Waals surface area contributed by atoms with E-state index < -0.39 is 0 Å². The van der Waals surface area contributed by atoms with Crippen LogP contribution in [0.25, 0.3) is 10.9 Å². The highest BCUT2D eigenvalue weighted by Crippen LogP contribution is 2.32. The molecule has 0 bridgehead atoms. The fourth-order valence-electron chi connectivity index (χ4n) is 2.46. The van der Waals surface area contributed by atoms with Crippen molar-refractivity contribution in [1.82, 2.24) is 4.98 Å².